The standard InChI is InChI=1S/C23H33N5O3S/c1-3-21-16-24-23(26-25-21)27-11-8-18(9-12-27)5-4-14-31-22-7-6-20-17-28(32(2,29)30)13-10-19(20)15-22/h6-7,15-16,18H,3-5,8-14,17H2,1-2H3. The Morgan fingerprint density at radius 2 is 1.94 bits per heavy atom. The Hall–Kier alpha value is -2.26. The smallest absolute Gasteiger partial charge is 0.245 e. The van der Waals surface area contributed by atoms with Crippen LogP contribution >= 0.6 is 0 Å². The molecule has 32 heavy (non-hydrogen) atoms. The van der Waals surface area contributed by atoms with E-state index in [1.165, 1.54) is 16.1 Å². The molecule has 0 bridgehead atoms. The molecule has 2 aliphatic rings. The summed E-state index contributed by atoms with van der Waals surface area (Å²) in [6.07, 6.45) is 9.18. The molecule has 8 nitrogen and oxygen atoms in total. The fourth-order valence-corrected chi connectivity index (χ4v) is 5.26. The lowest BCUT2D eigenvalue weighted by Gasteiger charge is -2.31. The second-order valence-corrected chi connectivity index (χ2v) is 10.8. The number of piperidine rings is 1. The molecule has 174 valence electrons. The Balaban J connectivity index is 1.18. The number of benzene rings is 1. The van der Waals surface area contributed by atoms with Crippen LogP contribution in [0.15, 0.2) is 24.4 Å². The molecule has 1 saturated heterocycles. The van der Waals surface area contributed by atoms with Crippen molar-refractivity contribution in [2.45, 2.75) is 52.0 Å². The summed E-state index contributed by atoms with van der Waals surface area (Å²) in [7, 11) is -3.14. The van der Waals surface area contributed by atoms with Gasteiger partial charge in [-0.25, -0.2) is 13.4 Å². The quantitative estimate of drug-likeness (QED) is 0.561. The number of nitrogens with zero attached hydrogens (tertiary/aromatic N) is 5. The van der Waals surface area contributed by atoms with Gasteiger partial charge in [0.15, 0.2) is 0 Å². The van der Waals surface area contributed by atoms with E-state index < -0.39 is 10.0 Å². The van der Waals surface area contributed by atoms with Crippen LogP contribution in [0.5, 0.6) is 5.75 Å². The van der Waals surface area contributed by atoms with Crippen molar-refractivity contribution in [2.24, 2.45) is 5.92 Å². The Bertz CT molecular complexity index is 1000. The summed E-state index contributed by atoms with van der Waals surface area (Å²) in [4.78, 5) is 6.69. The van der Waals surface area contributed by atoms with Gasteiger partial charge < -0.3 is 9.64 Å². The molecule has 0 spiro atoms. The Labute approximate surface area is 191 Å². The van der Waals surface area contributed by atoms with Crippen molar-refractivity contribution in [3.8, 4) is 5.75 Å². The van der Waals surface area contributed by atoms with Crippen molar-refractivity contribution < 1.29 is 13.2 Å². The minimum absolute atomic E-state index is 0.455. The second kappa shape index (κ2) is 10.1. The Kier molecular flexibility index (Phi) is 7.25. The molecule has 1 fully saturated rings. The van der Waals surface area contributed by atoms with Crippen LogP contribution in [0.3, 0.4) is 0 Å². The third kappa shape index (κ3) is 5.75. The van der Waals surface area contributed by atoms with E-state index in [-0.39, 0.29) is 0 Å². The van der Waals surface area contributed by atoms with Crippen molar-refractivity contribution in [1.29, 1.82) is 0 Å². The molecule has 0 atom stereocenters. The fourth-order valence-electron chi connectivity index (χ4n) is 4.46. The van der Waals surface area contributed by atoms with Crippen LogP contribution in [0, 0.1) is 5.92 Å². The SMILES string of the molecule is CCc1cnc(N2CCC(CCCOc3ccc4c(c3)CCN(S(C)(=O)=O)C4)CC2)nn1. The molecule has 0 aliphatic carbocycles. The van der Waals surface area contributed by atoms with Crippen molar-refractivity contribution in [2.75, 3.05) is 37.4 Å². The maximum atomic E-state index is 11.8. The van der Waals surface area contributed by atoms with Gasteiger partial charge in [0.1, 0.15) is 5.75 Å². The first-order chi connectivity index (χ1) is 15.4. The summed E-state index contributed by atoms with van der Waals surface area (Å²) in [6, 6.07) is 6.04. The largest absolute Gasteiger partial charge is 0.494 e. The highest BCUT2D eigenvalue weighted by molar-refractivity contribution is 7.88. The van der Waals surface area contributed by atoms with Crippen molar-refractivity contribution in [3.63, 3.8) is 0 Å². The molecular weight excluding hydrogens is 426 g/mol. The third-order valence-corrected chi connectivity index (χ3v) is 7.76. The summed E-state index contributed by atoms with van der Waals surface area (Å²) >= 11 is 0. The second-order valence-electron chi connectivity index (χ2n) is 8.80. The number of fused-ring (bicyclic) bond motifs is 1. The first-order valence-corrected chi connectivity index (χ1v) is 13.4. The van der Waals surface area contributed by atoms with Gasteiger partial charge in [0.25, 0.3) is 0 Å². The van der Waals surface area contributed by atoms with E-state index >= 15 is 0 Å². The number of aromatic nitrogens is 3. The number of hydrogen-bond donors (Lipinski definition) is 0. The maximum absolute atomic E-state index is 11.8. The summed E-state index contributed by atoms with van der Waals surface area (Å²) in [5.41, 5.74) is 3.20. The molecule has 4 rings (SSSR count). The summed E-state index contributed by atoms with van der Waals surface area (Å²) in [6.45, 7) is 5.72. The number of hydrogen-bond acceptors (Lipinski definition) is 7. The highest BCUT2D eigenvalue weighted by Gasteiger charge is 2.23. The van der Waals surface area contributed by atoms with Crippen LogP contribution < -0.4 is 9.64 Å². The Morgan fingerprint density at radius 3 is 2.62 bits per heavy atom. The van der Waals surface area contributed by atoms with Crippen LogP contribution in [-0.2, 0) is 29.4 Å². The van der Waals surface area contributed by atoms with Crippen molar-refractivity contribution >= 4 is 16.0 Å². The summed E-state index contributed by atoms with van der Waals surface area (Å²) in [5.74, 6) is 2.34. The van der Waals surface area contributed by atoms with E-state index in [1.54, 1.807) is 0 Å². The number of sulfonamides is 1. The first kappa shape index (κ1) is 22.9. The van der Waals surface area contributed by atoms with E-state index in [9.17, 15) is 8.42 Å². The first-order valence-electron chi connectivity index (χ1n) is 11.6. The van der Waals surface area contributed by atoms with E-state index in [0.29, 0.717) is 25.6 Å². The number of anilines is 1. The zero-order valence-corrected chi connectivity index (χ0v) is 19.9. The molecule has 0 N–H and O–H groups in total. The molecule has 2 aliphatic heterocycles. The summed E-state index contributed by atoms with van der Waals surface area (Å²) < 4.78 is 31.1. The molecular formula is C23H33N5O3S. The Morgan fingerprint density at radius 1 is 1.12 bits per heavy atom. The highest BCUT2D eigenvalue weighted by atomic mass is 32.2. The third-order valence-electron chi connectivity index (χ3n) is 6.51. The molecule has 0 amide bonds. The zero-order chi connectivity index (χ0) is 22.6. The van der Waals surface area contributed by atoms with Crippen LogP contribution in [-0.4, -0.2) is 60.4 Å². The highest BCUT2D eigenvalue weighted by Crippen LogP contribution is 2.26. The molecule has 1 aromatic carbocycles. The van der Waals surface area contributed by atoms with E-state index in [1.807, 2.05) is 18.3 Å². The summed E-state index contributed by atoms with van der Waals surface area (Å²) in [5, 5.41) is 8.49. The fraction of sp³-hybridized carbons (Fsp3) is 0.609. The lowest BCUT2D eigenvalue weighted by Crippen LogP contribution is -2.35. The van der Waals surface area contributed by atoms with Crippen molar-refractivity contribution in [3.05, 3.63) is 41.2 Å². The topological polar surface area (TPSA) is 88.5 Å². The molecule has 0 radical (unpaired) electrons. The van der Waals surface area contributed by atoms with E-state index in [2.05, 4.69) is 33.1 Å². The van der Waals surface area contributed by atoms with Crippen LogP contribution in [0.2, 0.25) is 0 Å². The molecule has 2 aromatic rings. The van der Waals surface area contributed by atoms with Crippen molar-refractivity contribution in [1.82, 2.24) is 19.5 Å². The van der Waals surface area contributed by atoms with E-state index in [0.717, 1.165) is 74.6 Å². The van der Waals surface area contributed by atoms with Gasteiger partial charge >= 0.3 is 0 Å². The minimum Gasteiger partial charge on any atom is -0.494 e. The average molecular weight is 460 g/mol. The van der Waals surface area contributed by atoms with E-state index in [4.69, 9.17) is 4.74 Å². The maximum Gasteiger partial charge on any atom is 0.245 e. The average Bonchev–Trinajstić information content (AvgIpc) is 2.81. The van der Waals surface area contributed by atoms with Gasteiger partial charge in [0, 0.05) is 26.2 Å². The molecule has 3 heterocycles. The number of ether oxygens (including phenoxy) is 1. The lowest BCUT2D eigenvalue weighted by atomic mass is 9.92. The predicted octanol–water partition coefficient (Wildman–Crippen LogP) is 2.83. The van der Waals surface area contributed by atoms with Gasteiger partial charge in [-0.05, 0) is 67.7 Å². The van der Waals surface area contributed by atoms with Crippen LogP contribution in [0.25, 0.3) is 0 Å². The molecule has 0 saturated carbocycles. The number of rotatable bonds is 8. The van der Waals surface area contributed by atoms with Gasteiger partial charge in [-0.2, -0.15) is 9.40 Å². The zero-order valence-electron chi connectivity index (χ0n) is 19.0. The molecule has 0 unspecified atom stereocenters. The van der Waals surface area contributed by atoms with Gasteiger partial charge in [-0.15, -0.1) is 5.10 Å². The predicted molar refractivity (Wildman–Crippen MR) is 124 cm³/mol. The minimum atomic E-state index is -3.14. The van der Waals surface area contributed by atoms with Gasteiger partial charge in [-0.1, -0.05) is 13.0 Å². The number of aryl methyl sites for hydroxylation is 1. The normalized spacial score (nSPS) is 17.9. The lowest BCUT2D eigenvalue weighted by molar-refractivity contribution is 0.278. The van der Waals surface area contributed by atoms with Gasteiger partial charge in [0.2, 0.25) is 16.0 Å². The van der Waals surface area contributed by atoms with Crippen LogP contribution in [0.1, 0.15) is 49.4 Å². The molecule has 1 aromatic heterocycles. The van der Waals surface area contributed by atoms with Gasteiger partial charge in [0.05, 0.1) is 24.8 Å². The van der Waals surface area contributed by atoms with Crippen LogP contribution in [0.4, 0.5) is 5.95 Å². The van der Waals surface area contributed by atoms with Gasteiger partial charge in [-0.3, -0.25) is 0 Å². The molecule has 9 heteroatoms. The monoisotopic (exact) mass is 459 g/mol.